The molecule has 1 nitrogen and oxygen atoms in total. The second kappa shape index (κ2) is 5.88. The van der Waals surface area contributed by atoms with E-state index in [0.717, 1.165) is 15.8 Å². The molecule has 1 atom stereocenters. The van der Waals surface area contributed by atoms with Crippen LogP contribution in [0.3, 0.4) is 0 Å². The van der Waals surface area contributed by atoms with Crippen molar-refractivity contribution in [1.29, 1.82) is 0 Å². The summed E-state index contributed by atoms with van der Waals surface area (Å²) >= 11 is 18.1. The molecular weight excluding hydrogens is 379 g/mol. The molecule has 1 unspecified atom stereocenters. The van der Waals surface area contributed by atoms with E-state index in [9.17, 15) is 0 Å². The second-order valence-electron chi connectivity index (χ2n) is 4.82. The number of benzene rings is 1. The van der Waals surface area contributed by atoms with E-state index in [4.69, 9.17) is 27.9 Å². The highest BCUT2D eigenvalue weighted by atomic mass is 79.9. The van der Waals surface area contributed by atoms with Crippen LogP contribution in [0.1, 0.15) is 32.7 Å². The fraction of sp³-hybridized carbons (Fsp3) is 0.333. The molecule has 0 saturated heterocycles. The normalized spacial score (nSPS) is 15.2. The maximum absolute atomic E-state index is 6.68. The molecule has 0 fully saturated rings. The number of methoxy groups -OCH3 is 1. The van der Waals surface area contributed by atoms with Crippen LogP contribution in [0, 0.1) is 0 Å². The summed E-state index contributed by atoms with van der Waals surface area (Å²) in [6.45, 7) is 0. The predicted octanol–water partition coefficient (Wildman–Crippen LogP) is 5.99. The molecular formula is C15H13BrCl2OS. The Morgan fingerprint density at radius 1 is 1.30 bits per heavy atom. The van der Waals surface area contributed by atoms with Gasteiger partial charge in [-0.2, -0.15) is 0 Å². The third kappa shape index (κ3) is 2.61. The monoisotopic (exact) mass is 390 g/mol. The third-order valence-electron chi connectivity index (χ3n) is 3.53. The number of thiophene rings is 1. The molecule has 1 aromatic heterocycles. The Morgan fingerprint density at radius 2 is 2.10 bits per heavy atom. The van der Waals surface area contributed by atoms with Crippen molar-refractivity contribution in [1.82, 2.24) is 0 Å². The largest absolute Gasteiger partial charge is 0.495 e. The van der Waals surface area contributed by atoms with E-state index >= 15 is 0 Å². The zero-order valence-corrected chi connectivity index (χ0v) is 14.8. The molecule has 1 aromatic carbocycles. The summed E-state index contributed by atoms with van der Waals surface area (Å²) in [6.07, 6.45) is 3.62. The first-order valence-corrected chi connectivity index (χ1v) is 8.81. The minimum atomic E-state index is -0.226. The lowest BCUT2D eigenvalue weighted by molar-refractivity contribution is 0.407. The molecule has 1 aliphatic rings. The number of hydrogen-bond acceptors (Lipinski definition) is 2. The van der Waals surface area contributed by atoms with Gasteiger partial charge in [0.15, 0.2) is 0 Å². The number of hydrogen-bond donors (Lipinski definition) is 0. The van der Waals surface area contributed by atoms with Gasteiger partial charge >= 0.3 is 0 Å². The van der Waals surface area contributed by atoms with E-state index in [0.29, 0.717) is 5.02 Å². The lowest BCUT2D eigenvalue weighted by Gasteiger charge is -2.15. The number of fused-ring (bicyclic) bond motifs is 1. The Morgan fingerprint density at radius 3 is 2.80 bits per heavy atom. The summed E-state index contributed by atoms with van der Waals surface area (Å²) in [6, 6.07) is 5.94. The lowest BCUT2D eigenvalue weighted by Crippen LogP contribution is -1.97. The molecule has 106 valence electrons. The van der Waals surface area contributed by atoms with Crippen LogP contribution in [0.2, 0.25) is 5.02 Å². The van der Waals surface area contributed by atoms with Gasteiger partial charge in [0.2, 0.25) is 0 Å². The second-order valence-corrected chi connectivity index (χ2v) is 7.72. The number of alkyl halides is 1. The molecule has 20 heavy (non-hydrogen) atoms. The predicted molar refractivity (Wildman–Crippen MR) is 89.7 cm³/mol. The molecule has 1 heterocycles. The Hall–Kier alpha value is -0.220. The summed E-state index contributed by atoms with van der Waals surface area (Å²) in [7, 11) is 1.65. The van der Waals surface area contributed by atoms with Gasteiger partial charge in [-0.3, -0.25) is 0 Å². The van der Waals surface area contributed by atoms with Crippen molar-refractivity contribution in [3.05, 3.63) is 48.6 Å². The molecule has 3 rings (SSSR count). The van der Waals surface area contributed by atoms with Gasteiger partial charge in [-0.1, -0.05) is 11.6 Å². The summed E-state index contributed by atoms with van der Waals surface area (Å²) in [4.78, 5) is 2.65. The SMILES string of the molecule is COc1c(Br)cc(Cl)cc1C(Cl)c1cc2c(s1)CCC2. The van der Waals surface area contributed by atoms with Crippen molar-refractivity contribution in [3.8, 4) is 5.75 Å². The van der Waals surface area contributed by atoms with E-state index in [1.54, 1.807) is 7.11 Å². The zero-order valence-electron chi connectivity index (χ0n) is 10.9. The van der Waals surface area contributed by atoms with Gasteiger partial charge in [-0.05, 0) is 59.0 Å². The van der Waals surface area contributed by atoms with Crippen molar-refractivity contribution in [2.75, 3.05) is 7.11 Å². The molecule has 0 aliphatic heterocycles. The van der Waals surface area contributed by atoms with Crippen molar-refractivity contribution >= 4 is 50.5 Å². The Kier molecular flexibility index (Phi) is 4.32. The van der Waals surface area contributed by atoms with Gasteiger partial charge in [-0.25, -0.2) is 0 Å². The minimum absolute atomic E-state index is 0.226. The minimum Gasteiger partial charge on any atom is -0.495 e. The fourth-order valence-corrected chi connectivity index (χ4v) is 5.22. The molecule has 0 saturated carbocycles. The number of rotatable bonds is 3. The van der Waals surface area contributed by atoms with E-state index in [1.165, 1.54) is 34.6 Å². The smallest absolute Gasteiger partial charge is 0.138 e. The van der Waals surface area contributed by atoms with Crippen molar-refractivity contribution in [3.63, 3.8) is 0 Å². The van der Waals surface area contributed by atoms with Crippen LogP contribution in [0.15, 0.2) is 22.7 Å². The highest BCUT2D eigenvalue weighted by molar-refractivity contribution is 9.10. The van der Waals surface area contributed by atoms with Crippen LogP contribution in [0.25, 0.3) is 0 Å². The Balaban J connectivity index is 2.03. The van der Waals surface area contributed by atoms with Crippen molar-refractivity contribution < 1.29 is 4.74 Å². The van der Waals surface area contributed by atoms with Gasteiger partial charge in [0, 0.05) is 20.3 Å². The quantitative estimate of drug-likeness (QED) is 0.584. The van der Waals surface area contributed by atoms with E-state index in [-0.39, 0.29) is 5.38 Å². The van der Waals surface area contributed by atoms with Gasteiger partial charge in [-0.15, -0.1) is 22.9 Å². The summed E-state index contributed by atoms with van der Waals surface area (Å²) < 4.78 is 6.30. The molecule has 0 radical (unpaired) electrons. The maximum atomic E-state index is 6.68. The summed E-state index contributed by atoms with van der Waals surface area (Å²) in [5.41, 5.74) is 2.36. The number of aryl methyl sites for hydroxylation is 2. The molecule has 0 spiro atoms. The van der Waals surface area contributed by atoms with Crippen LogP contribution < -0.4 is 4.74 Å². The van der Waals surface area contributed by atoms with E-state index < -0.39 is 0 Å². The van der Waals surface area contributed by atoms with Crippen molar-refractivity contribution in [2.45, 2.75) is 24.6 Å². The highest BCUT2D eigenvalue weighted by Crippen LogP contribution is 2.44. The van der Waals surface area contributed by atoms with Gasteiger partial charge in [0.1, 0.15) is 5.75 Å². The first-order valence-electron chi connectivity index (χ1n) is 6.38. The average Bonchev–Trinajstić information content (AvgIpc) is 2.97. The summed E-state index contributed by atoms with van der Waals surface area (Å²) in [5.74, 6) is 0.753. The molecule has 0 bridgehead atoms. The summed E-state index contributed by atoms with van der Waals surface area (Å²) in [5, 5.41) is 0.429. The Bertz CT molecular complexity index is 632. The molecule has 2 aromatic rings. The number of halogens is 3. The topological polar surface area (TPSA) is 9.23 Å². The molecule has 0 N–H and O–H groups in total. The Labute approximate surface area is 141 Å². The maximum Gasteiger partial charge on any atom is 0.138 e. The third-order valence-corrected chi connectivity index (χ3v) is 6.24. The van der Waals surface area contributed by atoms with Crippen LogP contribution in [0.4, 0.5) is 0 Å². The molecule has 1 aliphatic carbocycles. The first-order chi connectivity index (χ1) is 9.60. The van der Waals surface area contributed by atoms with E-state index in [2.05, 4.69) is 22.0 Å². The highest BCUT2D eigenvalue weighted by Gasteiger charge is 2.23. The van der Waals surface area contributed by atoms with Crippen LogP contribution in [-0.4, -0.2) is 7.11 Å². The van der Waals surface area contributed by atoms with Crippen LogP contribution in [0.5, 0.6) is 5.75 Å². The zero-order chi connectivity index (χ0) is 14.3. The van der Waals surface area contributed by atoms with Crippen LogP contribution >= 0.6 is 50.5 Å². The fourth-order valence-electron chi connectivity index (χ4n) is 2.61. The van der Waals surface area contributed by atoms with Gasteiger partial charge < -0.3 is 4.74 Å². The van der Waals surface area contributed by atoms with Gasteiger partial charge in [0.25, 0.3) is 0 Å². The average molecular weight is 392 g/mol. The standard InChI is InChI=1S/C15H13BrCl2OS/c1-19-15-10(6-9(17)7-11(15)16)14(18)13-5-8-3-2-4-12(8)20-13/h5-7,14H,2-4H2,1H3. The first kappa shape index (κ1) is 14.7. The van der Waals surface area contributed by atoms with Gasteiger partial charge in [0.05, 0.1) is 17.0 Å². The molecule has 5 heteroatoms. The van der Waals surface area contributed by atoms with Crippen molar-refractivity contribution in [2.24, 2.45) is 0 Å². The molecule has 0 amide bonds. The lowest BCUT2D eigenvalue weighted by atomic mass is 10.1. The number of ether oxygens (including phenoxy) is 1. The van der Waals surface area contributed by atoms with Crippen LogP contribution in [-0.2, 0) is 12.8 Å². The van der Waals surface area contributed by atoms with E-state index in [1.807, 2.05) is 23.5 Å².